The van der Waals surface area contributed by atoms with Crippen molar-refractivity contribution in [1.29, 1.82) is 0 Å². The largest absolute Gasteiger partial charge is 0.280 e. The fourth-order valence-corrected chi connectivity index (χ4v) is 4.42. The maximum absolute atomic E-state index is 13.4. The lowest BCUT2D eigenvalue weighted by Crippen LogP contribution is -2.47. The van der Waals surface area contributed by atoms with Gasteiger partial charge >= 0.3 is 0 Å². The molecule has 4 rings (SSSR count). The molecule has 0 N–H and O–H groups in total. The van der Waals surface area contributed by atoms with E-state index in [1.54, 1.807) is 12.1 Å². The van der Waals surface area contributed by atoms with E-state index in [2.05, 4.69) is 72.2 Å². The van der Waals surface area contributed by atoms with Crippen LogP contribution in [0.5, 0.6) is 0 Å². The maximum Gasteiger partial charge on any atom is 0.123 e. The summed E-state index contributed by atoms with van der Waals surface area (Å²) in [6.45, 7) is 8.22. The Morgan fingerprint density at radius 3 is 2.17 bits per heavy atom. The molecule has 29 heavy (non-hydrogen) atoms. The smallest absolute Gasteiger partial charge is 0.123 e. The molecule has 3 aromatic carbocycles. The van der Waals surface area contributed by atoms with Crippen LogP contribution in [-0.2, 0) is 13.1 Å². The molecule has 0 bridgehead atoms. The summed E-state index contributed by atoms with van der Waals surface area (Å²) in [7, 11) is 0. The van der Waals surface area contributed by atoms with Crippen molar-refractivity contribution in [3.05, 3.63) is 106 Å². The summed E-state index contributed by atoms with van der Waals surface area (Å²) in [6.07, 6.45) is 1.35. The predicted molar refractivity (Wildman–Crippen MR) is 117 cm³/mol. The molecule has 3 aromatic rings. The zero-order valence-electron chi connectivity index (χ0n) is 17.3. The van der Waals surface area contributed by atoms with Crippen LogP contribution >= 0.6 is 0 Å². The summed E-state index contributed by atoms with van der Waals surface area (Å²) in [4.78, 5) is 5.12. The van der Waals surface area contributed by atoms with E-state index in [4.69, 9.17) is 0 Å². The van der Waals surface area contributed by atoms with Gasteiger partial charge in [-0.25, -0.2) is 4.39 Å². The zero-order valence-corrected chi connectivity index (χ0v) is 17.3. The predicted octanol–water partition coefficient (Wildman–Crippen LogP) is 5.85. The first-order valence-electron chi connectivity index (χ1n) is 10.4. The van der Waals surface area contributed by atoms with Crippen LogP contribution in [0.15, 0.2) is 72.8 Å². The SMILES string of the molecule is Cc1cccc(CN2CCCN(Cc3ccc(F)cc3)[C@H]2c2ccccc2C)c1. The van der Waals surface area contributed by atoms with Gasteiger partial charge in [-0.2, -0.15) is 0 Å². The minimum Gasteiger partial charge on any atom is -0.280 e. The molecule has 150 valence electrons. The molecular weight excluding hydrogens is 359 g/mol. The molecule has 3 heteroatoms. The van der Waals surface area contributed by atoms with Gasteiger partial charge in [0.25, 0.3) is 0 Å². The topological polar surface area (TPSA) is 6.48 Å². The number of aryl methyl sites for hydroxylation is 2. The Hall–Kier alpha value is -2.49. The van der Waals surface area contributed by atoms with Gasteiger partial charge in [-0.15, -0.1) is 0 Å². The van der Waals surface area contributed by atoms with Crippen LogP contribution in [0.2, 0.25) is 0 Å². The monoisotopic (exact) mass is 388 g/mol. The molecular formula is C26H29FN2. The Kier molecular flexibility index (Phi) is 6.08. The minimum absolute atomic E-state index is 0.177. The van der Waals surface area contributed by atoms with E-state index in [0.29, 0.717) is 0 Å². The van der Waals surface area contributed by atoms with Crippen molar-refractivity contribution in [3.63, 3.8) is 0 Å². The maximum atomic E-state index is 13.4. The molecule has 0 amide bonds. The van der Waals surface area contributed by atoms with E-state index in [1.165, 1.54) is 22.3 Å². The third-order valence-electron chi connectivity index (χ3n) is 5.82. The molecule has 0 aromatic heterocycles. The highest BCUT2D eigenvalue weighted by Gasteiger charge is 2.31. The van der Waals surface area contributed by atoms with Crippen LogP contribution in [0.1, 0.15) is 40.4 Å². The van der Waals surface area contributed by atoms with Crippen LogP contribution in [0.3, 0.4) is 0 Å². The van der Waals surface area contributed by atoms with Gasteiger partial charge in [0.15, 0.2) is 0 Å². The van der Waals surface area contributed by atoms with Gasteiger partial charge in [0.05, 0.1) is 6.17 Å². The van der Waals surface area contributed by atoms with Gasteiger partial charge in [0, 0.05) is 26.2 Å². The van der Waals surface area contributed by atoms with Crippen molar-refractivity contribution in [3.8, 4) is 0 Å². The first-order valence-corrected chi connectivity index (χ1v) is 10.4. The molecule has 1 atom stereocenters. The summed E-state index contributed by atoms with van der Waals surface area (Å²) in [6, 6.07) is 24.4. The molecule has 1 aliphatic rings. The second kappa shape index (κ2) is 8.89. The van der Waals surface area contributed by atoms with E-state index >= 15 is 0 Å². The fourth-order valence-electron chi connectivity index (χ4n) is 4.42. The highest BCUT2D eigenvalue weighted by molar-refractivity contribution is 5.30. The number of hydrogen-bond donors (Lipinski definition) is 0. The van der Waals surface area contributed by atoms with E-state index < -0.39 is 0 Å². The first kappa shape index (κ1) is 19.8. The van der Waals surface area contributed by atoms with Crippen molar-refractivity contribution >= 4 is 0 Å². The van der Waals surface area contributed by atoms with Gasteiger partial charge < -0.3 is 0 Å². The third-order valence-corrected chi connectivity index (χ3v) is 5.82. The van der Waals surface area contributed by atoms with Crippen LogP contribution < -0.4 is 0 Å². The lowest BCUT2D eigenvalue weighted by molar-refractivity contribution is -0.00946. The summed E-state index contributed by atoms with van der Waals surface area (Å²) in [5.74, 6) is -0.177. The highest BCUT2D eigenvalue weighted by Crippen LogP contribution is 2.33. The first-order chi connectivity index (χ1) is 14.1. The van der Waals surface area contributed by atoms with Gasteiger partial charge in [0.2, 0.25) is 0 Å². The van der Waals surface area contributed by atoms with E-state index in [0.717, 1.165) is 38.2 Å². The quantitative estimate of drug-likeness (QED) is 0.541. The number of hydrogen-bond acceptors (Lipinski definition) is 2. The van der Waals surface area contributed by atoms with Crippen molar-refractivity contribution in [2.45, 2.75) is 39.5 Å². The van der Waals surface area contributed by atoms with Crippen LogP contribution in [0.25, 0.3) is 0 Å². The molecule has 0 unspecified atom stereocenters. The number of benzene rings is 3. The summed E-state index contributed by atoms with van der Waals surface area (Å²) in [5, 5.41) is 0. The van der Waals surface area contributed by atoms with Crippen molar-refractivity contribution in [1.82, 2.24) is 9.80 Å². The van der Waals surface area contributed by atoms with Crippen LogP contribution in [-0.4, -0.2) is 22.9 Å². The van der Waals surface area contributed by atoms with E-state index in [-0.39, 0.29) is 12.0 Å². The average Bonchev–Trinajstić information content (AvgIpc) is 2.71. The molecule has 0 spiro atoms. The van der Waals surface area contributed by atoms with Crippen LogP contribution in [0, 0.1) is 19.7 Å². The molecule has 1 fully saturated rings. The second-order valence-corrected chi connectivity index (χ2v) is 8.14. The molecule has 0 radical (unpaired) electrons. The Morgan fingerprint density at radius 1 is 0.793 bits per heavy atom. The molecule has 1 heterocycles. The minimum atomic E-state index is -0.177. The second-order valence-electron chi connectivity index (χ2n) is 8.14. The van der Waals surface area contributed by atoms with Gasteiger partial charge in [0.1, 0.15) is 5.82 Å². The molecule has 2 nitrogen and oxygen atoms in total. The Morgan fingerprint density at radius 2 is 1.48 bits per heavy atom. The number of halogens is 1. The van der Waals surface area contributed by atoms with Gasteiger partial charge in [-0.05, 0) is 54.7 Å². The van der Waals surface area contributed by atoms with Gasteiger partial charge in [-0.3, -0.25) is 9.80 Å². The highest BCUT2D eigenvalue weighted by atomic mass is 19.1. The zero-order chi connectivity index (χ0) is 20.2. The van der Waals surface area contributed by atoms with Crippen molar-refractivity contribution in [2.24, 2.45) is 0 Å². The van der Waals surface area contributed by atoms with Crippen molar-refractivity contribution in [2.75, 3.05) is 13.1 Å². The standard InChI is InChI=1S/C26H29FN2/c1-20-7-5-9-23(17-20)19-29-16-6-15-28(18-22-11-13-24(27)14-12-22)26(29)25-10-4-3-8-21(25)2/h3-5,7-14,17,26H,6,15-16,18-19H2,1-2H3/t26-/m1/s1. The molecule has 1 aliphatic heterocycles. The Labute approximate surface area is 173 Å². The van der Waals surface area contributed by atoms with Crippen LogP contribution in [0.4, 0.5) is 4.39 Å². The van der Waals surface area contributed by atoms with Crippen molar-refractivity contribution < 1.29 is 4.39 Å². The number of nitrogens with zero attached hydrogens (tertiary/aromatic N) is 2. The summed E-state index contributed by atoms with van der Waals surface area (Å²) >= 11 is 0. The Balaban J connectivity index is 1.66. The number of rotatable bonds is 5. The lowest BCUT2D eigenvalue weighted by Gasteiger charge is -2.45. The average molecular weight is 389 g/mol. The lowest BCUT2D eigenvalue weighted by atomic mass is 10.00. The molecule has 1 saturated heterocycles. The third kappa shape index (κ3) is 4.75. The molecule has 0 aliphatic carbocycles. The summed E-state index contributed by atoms with van der Waals surface area (Å²) in [5.41, 5.74) is 6.49. The van der Waals surface area contributed by atoms with E-state index in [9.17, 15) is 4.39 Å². The summed E-state index contributed by atoms with van der Waals surface area (Å²) < 4.78 is 13.4. The van der Waals surface area contributed by atoms with Gasteiger partial charge in [-0.1, -0.05) is 66.2 Å². The van der Waals surface area contributed by atoms with E-state index in [1.807, 2.05) is 12.1 Å². The normalized spacial score (nSPS) is 18.1. The molecule has 0 saturated carbocycles. The fraction of sp³-hybridized carbons (Fsp3) is 0.308. The Bertz CT molecular complexity index is 951.